The third-order valence-electron chi connectivity index (χ3n) is 5.19. The van der Waals surface area contributed by atoms with Crippen LogP contribution in [0.2, 0.25) is 0 Å². The number of hydrogen-bond donors (Lipinski definition) is 0. The third-order valence-corrected chi connectivity index (χ3v) is 5.19. The molecule has 0 unspecified atom stereocenters. The van der Waals surface area contributed by atoms with Gasteiger partial charge in [0.2, 0.25) is 0 Å². The fourth-order valence-electron chi connectivity index (χ4n) is 4.22. The molecule has 0 fully saturated rings. The fraction of sp³-hybridized carbons (Fsp3) is 0.476. The Labute approximate surface area is 144 Å². The summed E-state index contributed by atoms with van der Waals surface area (Å²) in [6, 6.07) is 10.4. The minimum Gasteiger partial charge on any atom is -0.472 e. The molecule has 1 aromatic carbocycles. The van der Waals surface area contributed by atoms with Gasteiger partial charge in [-0.2, -0.15) is 0 Å². The smallest absolute Gasteiger partial charge is 0.199 e. The first-order valence-corrected chi connectivity index (χ1v) is 8.84. The molecule has 0 radical (unpaired) electrons. The summed E-state index contributed by atoms with van der Waals surface area (Å²) in [4.78, 5) is 11.8. The van der Waals surface area contributed by atoms with Crippen LogP contribution in [0.15, 0.2) is 53.8 Å². The van der Waals surface area contributed by atoms with Gasteiger partial charge in [-0.05, 0) is 41.9 Å². The van der Waals surface area contributed by atoms with E-state index in [9.17, 15) is 4.79 Å². The number of carbonyl (C=O) groups excluding carboxylic acids is 1. The second-order valence-corrected chi connectivity index (χ2v) is 6.95. The highest BCUT2D eigenvalue weighted by Crippen LogP contribution is 2.49. The third kappa shape index (κ3) is 3.18. The summed E-state index contributed by atoms with van der Waals surface area (Å²) in [6.07, 6.45) is 5.49. The molecule has 0 N–H and O–H groups in total. The van der Waals surface area contributed by atoms with Gasteiger partial charge in [0.15, 0.2) is 6.29 Å². The van der Waals surface area contributed by atoms with E-state index in [2.05, 4.69) is 26.0 Å². The molecule has 3 heteroatoms. The summed E-state index contributed by atoms with van der Waals surface area (Å²) >= 11 is 0. The zero-order chi connectivity index (χ0) is 17.1. The molecule has 1 heterocycles. The molecule has 1 aromatic rings. The normalized spacial score (nSPS) is 29.3. The minimum absolute atomic E-state index is 0.131. The molecule has 1 aliphatic heterocycles. The molecule has 0 bridgehead atoms. The van der Waals surface area contributed by atoms with Crippen LogP contribution in [0.4, 0.5) is 0 Å². The van der Waals surface area contributed by atoms with Crippen LogP contribution in [-0.4, -0.2) is 19.2 Å². The van der Waals surface area contributed by atoms with Gasteiger partial charge in [0.05, 0.1) is 6.26 Å². The number of hydrogen-bond acceptors (Lipinski definition) is 3. The highest BCUT2D eigenvalue weighted by Gasteiger charge is 2.42. The predicted molar refractivity (Wildman–Crippen MR) is 94.3 cm³/mol. The molecule has 3 rings (SSSR count). The van der Waals surface area contributed by atoms with Crippen molar-refractivity contribution in [2.75, 3.05) is 6.61 Å². The van der Waals surface area contributed by atoms with Crippen LogP contribution in [0.3, 0.4) is 0 Å². The maximum absolute atomic E-state index is 11.8. The number of allylic oxidation sites excluding steroid dienone is 3. The van der Waals surface area contributed by atoms with Gasteiger partial charge in [-0.3, -0.25) is 4.79 Å². The Kier molecular flexibility index (Phi) is 5.20. The van der Waals surface area contributed by atoms with Gasteiger partial charge in [0.25, 0.3) is 0 Å². The molecule has 3 nitrogen and oxygen atoms in total. The molecule has 1 aliphatic carbocycles. The summed E-state index contributed by atoms with van der Waals surface area (Å²) in [5.74, 6) is 1.29. The highest BCUT2D eigenvalue weighted by molar-refractivity contribution is 5.78. The summed E-state index contributed by atoms with van der Waals surface area (Å²) in [6.45, 7) is 7.12. The number of benzene rings is 1. The Morgan fingerprint density at radius 2 is 2.04 bits per heavy atom. The Bertz CT molecular complexity index is 630. The van der Waals surface area contributed by atoms with Crippen molar-refractivity contribution in [3.63, 3.8) is 0 Å². The van der Waals surface area contributed by atoms with E-state index < -0.39 is 0 Å². The van der Waals surface area contributed by atoms with E-state index in [0.29, 0.717) is 24.4 Å². The van der Waals surface area contributed by atoms with Crippen LogP contribution in [-0.2, 0) is 14.3 Å². The lowest BCUT2D eigenvalue weighted by molar-refractivity contribution is -0.126. The van der Waals surface area contributed by atoms with Crippen molar-refractivity contribution in [2.45, 2.75) is 39.4 Å². The van der Waals surface area contributed by atoms with Crippen LogP contribution in [0.5, 0.6) is 0 Å². The minimum atomic E-state index is -0.187. The van der Waals surface area contributed by atoms with E-state index in [0.717, 1.165) is 23.9 Å². The van der Waals surface area contributed by atoms with Crippen LogP contribution in [0.1, 0.15) is 38.7 Å². The van der Waals surface area contributed by atoms with E-state index in [1.54, 1.807) is 6.26 Å². The zero-order valence-electron chi connectivity index (χ0n) is 14.6. The van der Waals surface area contributed by atoms with Crippen molar-refractivity contribution in [1.29, 1.82) is 0 Å². The lowest BCUT2D eigenvalue weighted by Gasteiger charge is -2.44. The number of fused-ring (bicyclic) bond motifs is 1. The monoisotopic (exact) mass is 326 g/mol. The molecule has 0 spiro atoms. The largest absolute Gasteiger partial charge is 0.472 e. The number of carbonyl (C=O) groups is 1. The summed E-state index contributed by atoms with van der Waals surface area (Å²) in [7, 11) is 0. The molecule has 24 heavy (non-hydrogen) atoms. The van der Waals surface area contributed by atoms with Crippen LogP contribution in [0, 0.1) is 17.8 Å². The van der Waals surface area contributed by atoms with Gasteiger partial charge in [-0.15, -0.1) is 0 Å². The zero-order valence-corrected chi connectivity index (χ0v) is 14.6. The Hall–Kier alpha value is -1.87. The van der Waals surface area contributed by atoms with Gasteiger partial charge in [-0.1, -0.05) is 44.2 Å². The van der Waals surface area contributed by atoms with E-state index in [-0.39, 0.29) is 12.2 Å². The quantitative estimate of drug-likeness (QED) is 0.749. The van der Waals surface area contributed by atoms with Crippen molar-refractivity contribution in [3.8, 4) is 0 Å². The van der Waals surface area contributed by atoms with Crippen molar-refractivity contribution in [1.82, 2.24) is 0 Å². The van der Waals surface area contributed by atoms with Gasteiger partial charge in [-0.25, -0.2) is 0 Å². The van der Waals surface area contributed by atoms with Gasteiger partial charge in [0, 0.05) is 24.5 Å². The van der Waals surface area contributed by atoms with E-state index in [4.69, 9.17) is 9.47 Å². The van der Waals surface area contributed by atoms with Crippen LogP contribution < -0.4 is 0 Å². The molecular weight excluding hydrogens is 300 g/mol. The first-order chi connectivity index (χ1) is 11.7. The van der Waals surface area contributed by atoms with E-state index in [1.807, 2.05) is 31.2 Å². The van der Waals surface area contributed by atoms with Gasteiger partial charge < -0.3 is 9.47 Å². The average Bonchev–Trinajstić information content (AvgIpc) is 2.60. The van der Waals surface area contributed by atoms with Crippen molar-refractivity contribution >= 4 is 6.29 Å². The molecule has 0 saturated carbocycles. The standard InChI is InChI=1S/C21H26O3/c1-4-23-19-11-18-17(13-24-19)10-16(12-22)21(20(18)14(2)3)15-8-6-5-7-9-15/h5-10,12-14,18-21H,4,11H2,1-3H3/t18-,19-,20+,21+/m1/s1. The van der Waals surface area contributed by atoms with Crippen molar-refractivity contribution < 1.29 is 14.3 Å². The maximum Gasteiger partial charge on any atom is 0.199 e. The first kappa shape index (κ1) is 17.0. The van der Waals surface area contributed by atoms with Crippen LogP contribution >= 0.6 is 0 Å². The second-order valence-electron chi connectivity index (χ2n) is 6.95. The molecule has 0 amide bonds. The lowest BCUT2D eigenvalue weighted by Crippen LogP contribution is -2.38. The summed E-state index contributed by atoms with van der Waals surface area (Å²) in [5.41, 5.74) is 3.19. The van der Waals surface area contributed by atoms with Gasteiger partial charge >= 0.3 is 0 Å². The number of rotatable bonds is 5. The summed E-state index contributed by atoms with van der Waals surface area (Å²) < 4.78 is 11.4. The Balaban J connectivity index is 2.04. The number of ether oxygens (including phenoxy) is 2. The molecule has 2 aliphatic rings. The SMILES string of the molecule is CCO[C@H]1C[C@@H]2C(=CO1)C=C(C=O)[C@H](c1ccccc1)[C@H]2C(C)C. The van der Waals surface area contributed by atoms with E-state index >= 15 is 0 Å². The molecular formula is C21H26O3. The maximum atomic E-state index is 11.8. The topological polar surface area (TPSA) is 35.5 Å². The van der Waals surface area contributed by atoms with Gasteiger partial charge in [0.1, 0.15) is 6.29 Å². The molecule has 128 valence electrons. The Morgan fingerprint density at radius 1 is 1.29 bits per heavy atom. The first-order valence-electron chi connectivity index (χ1n) is 8.84. The van der Waals surface area contributed by atoms with Crippen LogP contribution in [0.25, 0.3) is 0 Å². The van der Waals surface area contributed by atoms with Crippen molar-refractivity contribution in [3.05, 3.63) is 59.4 Å². The molecule has 0 saturated heterocycles. The number of aldehydes is 1. The summed E-state index contributed by atoms with van der Waals surface area (Å²) in [5, 5.41) is 0. The average molecular weight is 326 g/mol. The highest BCUT2D eigenvalue weighted by atomic mass is 16.7. The molecule has 4 atom stereocenters. The predicted octanol–water partition coefficient (Wildman–Crippen LogP) is 4.46. The van der Waals surface area contributed by atoms with Crippen molar-refractivity contribution in [2.24, 2.45) is 17.8 Å². The van der Waals surface area contributed by atoms with E-state index in [1.165, 1.54) is 5.56 Å². The Morgan fingerprint density at radius 3 is 2.67 bits per heavy atom. The fourth-order valence-corrected chi connectivity index (χ4v) is 4.22. The second kappa shape index (κ2) is 7.35. The lowest BCUT2D eigenvalue weighted by atomic mass is 9.62. The molecule has 0 aromatic heterocycles.